The molecule has 1 N–H and O–H groups in total. The number of anilines is 1. The number of nitriles is 1. The van der Waals surface area contributed by atoms with Crippen molar-refractivity contribution in [3.05, 3.63) is 23.4 Å². The first-order chi connectivity index (χ1) is 12.1. The zero-order chi connectivity index (χ0) is 17.9. The first-order valence-corrected chi connectivity index (χ1v) is 12.5. The van der Waals surface area contributed by atoms with Gasteiger partial charge in [-0.2, -0.15) is 5.26 Å². The monoisotopic (exact) mass is 357 g/mol. The van der Waals surface area contributed by atoms with Crippen LogP contribution in [0, 0.1) is 11.3 Å². The number of pyridine rings is 1. The van der Waals surface area contributed by atoms with E-state index < -0.39 is 8.32 Å². The first kappa shape index (κ1) is 18.4. The van der Waals surface area contributed by atoms with E-state index in [9.17, 15) is 5.26 Å². The molecule has 0 bridgehead atoms. The van der Waals surface area contributed by atoms with Crippen LogP contribution in [-0.4, -0.2) is 25.4 Å². The molecule has 1 aromatic heterocycles. The van der Waals surface area contributed by atoms with Gasteiger partial charge in [0, 0.05) is 23.8 Å². The van der Waals surface area contributed by atoms with Gasteiger partial charge >= 0.3 is 0 Å². The maximum Gasteiger partial charge on any atom is 0.192 e. The molecule has 0 aromatic carbocycles. The second-order valence-electron chi connectivity index (χ2n) is 7.66. The van der Waals surface area contributed by atoms with Crippen LogP contribution in [0.5, 0.6) is 0 Å². The Bertz CT molecular complexity index is 626. The fraction of sp³-hybridized carbons (Fsp3) is 0.700. The molecule has 2 aliphatic rings. The fourth-order valence-electron chi connectivity index (χ4n) is 4.01. The highest BCUT2D eigenvalue weighted by Gasteiger charge is 2.35. The van der Waals surface area contributed by atoms with E-state index >= 15 is 0 Å². The Morgan fingerprint density at radius 2 is 1.88 bits per heavy atom. The minimum Gasteiger partial charge on any atom is -0.414 e. The van der Waals surface area contributed by atoms with Gasteiger partial charge in [0.25, 0.3) is 0 Å². The van der Waals surface area contributed by atoms with Crippen LogP contribution < -0.4 is 5.32 Å². The number of nitrogens with zero attached hydrogens (tertiary/aromatic N) is 2. The Morgan fingerprint density at radius 3 is 2.48 bits per heavy atom. The molecule has 2 aliphatic carbocycles. The number of nitrogens with one attached hydrogen (secondary N) is 1. The van der Waals surface area contributed by atoms with Crippen LogP contribution in [0.3, 0.4) is 0 Å². The van der Waals surface area contributed by atoms with Gasteiger partial charge in [-0.25, -0.2) is 4.98 Å². The van der Waals surface area contributed by atoms with Crippen molar-refractivity contribution in [3.63, 3.8) is 0 Å². The van der Waals surface area contributed by atoms with Crippen LogP contribution in [0.4, 0.5) is 5.82 Å². The topological polar surface area (TPSA) is 57.9 Å². The van der Waals surface area contributed by atoms with E-state index in [1.807, 2.05) is 12.1 Å². The Morgan fingerprint density at radius 1 is 1.16 bits per heavy atom. The minimum absolute atomic E-state index is 0.372. The molecule has 25 heavy (non-hydrogen) atoms. The summed E-state index contributed by atoms with van der Waals surface area (Å²) >= 11 is 0. The quantitative estimate of drug-likeness (QED) is 0.651. The highest BCUT2D eigenvalue weighted by atomic mass is 28.4. The maximum absolute atomic E-state index is 9.39. The van der Waals surface area contributed by atoms with E-state index in [1.54, 1.807) is 0 Å². The summed E-state index contributed by atoms with van der Waals surface area (Å²) < 4.78 is 6.66. The van der Waals surface area contributed by atoms with Crippen molar-refractivity contribution >= 4 is 14.1 Å². The highest BCUT2D eigenvalue weighted by Crippen LogP contribution is 2.40. The third kappa shape index (κ3) is 4.24. The van der Waals surface area contributed by atoms with Crippen molar-refractivity contribution in [2.45, 2.75) is 89.1 Å². The van der Waals surface area contributed by atoms with Crippen LogP contribution in [0.15, 0.2) is 12.1 Å². The lowest BCUT2D eigenvalue weighted by molar-refractivity contribution is 0.193. The molecule has 0 aliphatic heterocycles. The van der Waals surface area contributed by atoms with Crippen molar-refractivity contribution < 1.29 is 4.43 Å². The normalized spacial score (nSPS) is 23.4. The van der Waals surface area contributed by atoms with E-state index in [1.165, 1.54) is 31.0 Å². The van der Waals surface area contributed by atoms with Crippen molar-refractivity contribution in [3.8, 4) is 6.07 Å². The van der Waals surface area contributed by atoms with Gasteiger partial charge in [-0.05, 0) is 62.4 Å². The number of hydrogen-bond acceptors (Lipinski definition) is 4. The van der Waals surface area contributed by atoms with Gasteiger partial charge in [-0.3, -0.25) is 0 Å². The lowest BCUT2D eigenvalue weighted by Gasteiger charge is -2.31. The smallest absolute Gasteiger partial charge is 0.192 e. The van der Waals surface area contributed by atoms with E-state index in [4.69, 9.17) is 9.41 Å². The van der Waals surface area contributed by atoms with E-state index in [2.05, 4.69) is 32.2 Å². The third-order valence-electron chi connectivity index (χ3n) is 6.11. The maximum atomic E-state index is 9.39. The summed E-state index contributed by atoms with van der Waals surface area (Å²) in [6.07, 6.45) is 6.10. The molecule has 1 heterocycles. The highest BCUT2D eigenvalue weighted by molar-refractivity contribution is 6.73. The summed E-state index contributed by atoms with van der Waals surface area (Å²) in [6.45, 7) is 6.86. The van der Waals surface area contributed by atoms with Crippen LogP contribution in [0.1, 0.15) is 70.1 Å². The Hall–Kier alpha value is -1.38. The summed E-state index contributed by atoms with van der Waals surface area (Å²) in [5.74, 6) is 1.39. The summed E-state index contributed by atoms with van der Waals surface area (Å²) in [5, 5.41) is 12.9. The van der Waals surface area contributed by atoms with Crippen LogP contribution >= 0.6 is 0 Å². The van der Waals surface area contributed by atoms with Crippen molar-refractivity contribution in [2.75, 3.05) is 5.32 Å². The SMILES string of the molecule is CC[Si](CC)(CC)OC1CC[C@H](Nc2nc(C3CC3)ccc2C#N)C1. The molecule has 1 unspecified atom stereocenters. The second-order valence-corrected chi connectivity index (χ2v) is 12.4. The molecular formula is C20H31N3OSi. The molecule has 3 rings (SSSR count). The Kier molecular flexibility index (Phi) is 5.80. The minimum atomic E-state index is -1.53. The Labute approximate surface area is 153 Å². The van der Waals surface area contributed by atoms with Gasteiger partial charge in [0.2, 0.25) is 0 Å². The molecule has 0 spiro atoms. The molecule has 0 saturated heterocycles. The van der Waals surface area contributed by atoms with Crippen molar-refractivity contribution in [1.29, 1.82) is 5.26 Å². The average Bonchev–Trinajstić information content (AvgIpc) is 3.41. The molecule has 2 atom stereocenters. The summed E-state index contributed by atoms with van der Waals surface area (Å²) in [7, 11) is -1.53. The van der Waals surface area contributed by atoms with Gasteiger partial charge in [-0.15, -0.1) is 0 Å². The number of aromatic nitrogens is 1. The standard InChI is InChI=1S/C20H31N3OSi/c1-4-25(5-2,6-3)24-18-11-10-17(13-18)22-20-16(14-21)9-12-19(23-20)15-7-8-15/h9,12,15,17-18H,4-8,10-11,13H2,1-3H3,(H,22,23)/t17-,18?/m0/s1. The van der Waals surface area contributed by atoms with Crippen molar-refractivity contribution in [2.24, 2.45) is 0 Å². The summed E-state index contributed by atoms with van der Waals surface area (Å²) in [6, 6.07) is 10.2. The van der Waals surface area contributed by atoms with Crippen molar-refractivity contribution in [1.82, 2.24) is 4.98 Å². The third-order valence-corrected chi connectivity index (χ3v) is 10.8. The zero-order valence-corrected chi connectivity index (χ0v) is 16.8. The van der Waals surface area contributed by atoms with E-state index in [0.717, 1.165) is 30.8 Å². The van der Waals surface area contributed by atoms with Crippen LogP contribution in [0.2, 0.25) is 18.1 Å². The van der Waals surface area contributed by atoms with Gasteiger partial charge < -0.3 is 9.74 Å². The molecule has 0 amide bonds. The van der Waals surface area contributed by atoms with E-state index in [-0.39, 0.29) is 0 Å². The van der Waals surface area contributed by atoms with Gasteiger partial charge in [0.05, 0.1) is 5.56 Å². The van der Waals surface area contributed by atoms with Crippen LogP contribution in [-0.2, 0) is 4.43 Å². The lowest BCUT2D eigenvalue weighted by atomic mass is 10.2. The molecule has 1 aromatic rings. The first-order valence-electron chi connectivity index (χ1n) is 9.98. The summed E-state index contributed by atoms with van der Waals surface area (Å²) in [5.41, 5.74) is 1.80. The van der Waals surface area contributed by atoms with Gasteiger partial charge in [-0.1, -0.05) is 20.8 Å². The molecule has 4 nitrogen and oxygen atoms in total. The summed E-state index contributed by atoms with van der Waals surface area (Å²) in [4.78, 5) is 4.75. The molecular weight excluding hydrogens is 326 g/mol. The second kappa shape index (κ2) is 7.88. The number of hydrogen-bond donors (Lipinski definition) is 1. The molecule has 136 valence electrons. The Balaban J connectivity index is 1.63. The fourth-order valence-corrected chi connectivity index (χ4v) is 6.93. The van der Waals surface area contributed by atoms with Crippen LogP contribution in [0.25, 0.3) is 0 Å². The predicted molar refractivity (Wildman–Crippen MR) is 104 cm³/mol. The molecule has 2 saturated carbocycles. The zero-order valence-electron chi connectivity index (χ0n) is 15.8. The predicted octanol–water partition coefficient (Wildman–Crippen LogP) is 5.19. The molecule has 0 radical (unpaired) electrons. The number of rotatable bonds is 8. The van der Waals surface area contributed by atoms with E-state index in [0.29, 0.717) is 23.6 Å². The molecule has 2 fully saturated rings. The largest absolute Gasteiger partial charge is 0.414 e. The van der Waals surface area contributed by atoms with Gasteiger partial charge in [0.1, 0.15) is 11.9 Å². The van der Waals surface area contributed by atoms with Gasteiger partial charge in [0.15, 0.2) is 8.32 Å². The lowest BCUT2D eigenvalue weighted by Crippen LogP contribution is -2.39. The average molecular weight is 358 g/mol. The molecule has 5 heteroatoms.